The number of benzene rings is 2. The molecule has 1 aromatic heterocycles. The van der Waals surface area contributed by atoms with Gasteiger partial charge in [0.1, 0.15) is 5.52 Å². The number of sulfonamides is 1. The third-order valence-electron chi connectivity index (χ3n) is 3.63. The average molecular weight is 396 g/mol. The van der Waals surface area contributed by atoms with Crippen molar-refractivity contribution in [1.29, 1.82) is 0 Å². The molecule has 0 aliphatic carbocycles. The number of hydrogen-bond donors (Lipinski definition) is 2. The fraction of sp³-hybridized carbons (Fsp3) is 0.235. The number of nitrogens with one attached hydrogen (secondary N) is 2. The van der Waals surface area contributed by atoms with E-state index in [-0.39, 0.29) is 11.4 Å². The summed E-state index contributed by atoms with van der Waals surface area (Å²) in [5.41, 5.74) is 2.20. The van der Waals surface area contributed by atoms with E-state index in [1.165, 1.54) is 7.11 Å². The van der Waals surface area contributed by atoms with E-state index in [1.807, 2.05) is 0 Å². The van der Waals surface area contributed by atoms with Gasteiger partial charge >= 0.3 is 0 Å². The molecule has 7 nitrogen and oxygen atoms in total. The van der Waals surface area contributed by atoms with Gasteiger partial charge in [-0.15, -0.1) is 0 Å². The van der Waals surface area contributed by atoms with Gasteiger partial charge in [0.2, 0.25) is 10.0 Å². The molecule has 0 amide bonds. The van der Waals surface area contributed by atoms with E-state index in [0.717, 1.165) is 5.56 Å². The van der Waals surface area contributed by atoms with E-state index in [9.17, 15) is 8.42 Å². The van der Waals surface area contributed by atoms with Gasteiger partial charge in [-0.2, -0.15) is 4.98 Å². The third kappa shape index (κ3) is 4.53. The summed E-state index contributed by atoms with van der Waals surface area (Å²) >= 11 is 5.93. The molecule has 0 saturated heterocycles. The standard InChI is InChI=1S/C17H18ClN3O4S/c1-24-9-8-20-26(22,23)14-5-2-12(3-6-14)11-19-17-21-15-10-13(18)4-7-16(15)25-17/h2-7,10,20H,8-9,11H2,1H3,(H,19,21). The van der Waals surface area contributed by atoms with Crippen molar-refractivity contribution in [1.82, 2.24) is 9.71 Å². The van der Waals surface area contributed by atoms with Crippen LogP contribution in [0.5, 0.6) is 0 Å². The Kier molecular flexibility index (Phi) is 5.77. The maximum Gasteiger partial charge on any atom is 0.295 e. The fourth-order valence-electron chi connectivity index (χ4n) is 2.30. The van der Waals surface area contributed by atoms with Crippen molar-refractivity contribution in [2.24, 2.45) is 0 Å². The van der Waals surface area contributed by atoms with Gasteiger partial charge in [0.05, 0.1) is 11.5 Å². The molecule has 138 valence electrons. The largest absolute Gasteiger partial charge is 0.424 e. The van der Waals surface area contributed by atoms with Crippen molar-refractivity contribution in [3.63, 3.8) is 0 Å². The van der Waals surface area contributed by atoms with E-state index < -0.39 is 10.0 Å². The highest BCUT2D eigenvalue weighted by atomic mass is 35.5. The molecule has 2 N–H and O–H groups in total. The molecule has 3 aromatic rings. The van der Waals surface area contributed by atoms with E-state index in [0.29, 0.717) is 35.3 Å². The first-order chi connectivity index (χ1) is 12.5. The summed E-state index contributed by atoms with van der Waals surface area (Å²) in [7, 11) is -2.02. The number of methoxy groups -OCH3 is 1. The number of nitrogens with zero attached hydrogens (tertiary/aromatic N) is 1. The monoisotopic (exact) mass is 395 g/mol. The quantitative estimate of drug-likeness (QED) is 0.569. The summed E-state index contributed by atoms with van der Waals surface area (Å²) in [5, 5.41) is 3.66. The molecule has 2 aromatic carbocycles. The molecule has 1 heterocycles. The summed E-state index contributed by atoms with van der Waals surface area (Å²) < 4.78 is 37.1. The molecule has 26 heavy (non-hydrogen) atoms. The molecular formula is C17H18ClN3O4S. The summed E-state index contributed by atoms with van der Waals surface area (Å²) in [6.45, 7) is 0.985. The summed E-state index contributed by atoms with van der Waals surface area (Å²) in [4.78, 5) is 4.51. The number of aromatic nitrogens is 1. The van der Waals surface area contributed by atoms with Crippen LogP contribution < -0.4 is 10.0 Å². The van der Waals surface area contributed by atoms with Crippen LogP contribution in [0.3, 0.4) is 0 Å². The maximum absolute atomic E-state index is 12.1. The van der Waals surface area contributed by atoms with E-state index >= 15 is 0 Å². The topological polar surface area (TPSA) is 93.5 Å². The van der Waals surface area contributed by atoms with Gasteiger partial charge in [-0.05, 0) is 35.9 Å². The zero-order valence-electron chi connectivity index (χ0n) is 14.0. The van der Waals surface area contributed by atoms with Gasteiger partial charge in [-0.1, -0.05) is 23.7 Å². The lowest BCUT2D eigenvalue weighted by atomic mass is 10.2. The molecule has 0 bridgehead atoms. The Hall–Kier alpha value is -2.13. The summed E-state index contributed by atoms with van der Waals surface area (Å²) in [6, 6.07) is 12.2. The number of ether oxygens (including phenoxy) is 1. The minimum absolute atomic E-state index is 0.203. The van der Waals surface area contributed by atoms with Gasteiger partial charge in [-0.3, -0.25) is 0 Å². The van der Waals surface area contributed by atoms with Crippen LogP contribution in [-0.2, 0) is 21.3 Å². The number of rotatable bonds is 8. The molecule has 0 radical (unpaired) electrons. The van der Waals surface area contributed by atoms with Crippen molar-refractivity contribution in [3.8, 4) is 0 Å². The maximum atomic E-state index is 12.1. The highest BCUT2D eigenvalue weighted by Gasteiger charge is 2.13. The van der Waals surface area contributed by atoms with Crippen molar-refractivity contribution in [2.75, 3.05) is 25.6 Å². The lowest BCUT2D eigenvalue weighted by Crippen LogP contribution is -2.27. The lowest BCUT2D eigenvalue weighted by molar-refractivity contribution is 0.204. The highest BCUT2D eigenvalue weighted by Crippen LogP contribution is 2.22. The smallest absolute Gasteiger partial charge is 0.295 e. The fourth-order valence-corrected chi connectivity index (χ4v) is 3.48. The van der Waals surface area contributed by atoms with Gasteiger partial charge < -0.3 is 14.5 Å². The van der Waals surface area contributed by atoms with Crippen LogP contribution in [0.2, 0.25) is 5.02 Å². The molecule has 0 aliphatic heterocycles. The molecule has 0 unspecified atom stereocenters. The van der Waals surface area contributed by atoms with Crippen LogP contribution in [0.1, 0.15) is 5.56 Å². The molecule has 0 spiro atoms. The zero-order valence-corrected chi connectivity index (χ0v) is 15.6. The number of anilines is 1. The lowest BCUT2D eigenvalue weighted by Gasteiger charge is -2.07. The van der Waals surface area contributed by atoms with Crippen LogP contribution in [0, 0.1) is 0 Å². The Morgan fingerprint density at radius 3 is 2.69 bits per heavy atom. The molecule has 0 aliphatic rings. The van der Waals surface area contributed by atoms with Crippen molar-refractivity contribution >= 4 is 38.7 Å². The van der Waals surface area contributed by atoms with Crippen LogP contribution in [0.25, 0.3) is 11.1 Å². The summed E-state index contributed by atoms with van der Waals surface area (Å²) in [5.74, 6) is 0. The zero-order chi connectivity index (χ0) is 18.6. The van der Waals surface area contributed by atoms with Crippen LogP contribution >= 0.6 is 11.6 Å². The molecule has 0 atom stereocenters. The van der Waals surface area contributed by atoms with Gasteiger partial charge in [0.25, 0.3) is 6.01 Å². The Labute approximate surface area is 156 Å². The predicted molar refractivity (Wildman–Crippen MR) is 99.9 cm³/mol. The van der Waals surface area contributed by atoms with Crippen molar-refractivity contribution in [2.45, 2.75) is 11.4 Å². The Bertz CT molecular complexity index is 987. The van der Waals surface area contributed by atoms with E-state index in [4.69, 9.17) is 20.8 Å². The predicted octanol–water partition coefficient (Wildman–Crippen LogP) is 3.02. The van der Waals surface area contributed by atoms with Crippen molar-refractivity contribution < 1.29 is 17.6 Å². The third-order valence-corrected chi connectivity index (χ3v) is 5.34. The first-order valence-electron chi connectivity index (χ1n) is 7.85. The molecule has 3 rings (SSSR count). The minimum Gasteiger partial charge on any atom is -0.424 e. The molecule has 9 heteroatoms. The number of fused-ring (bicyclic) bond motifs is 1. The summed E-state index contributed by atoms with van der Waals surface area (Å²) in [6.07, 6.45) is 0. The SMILES string of the molecule is COCCNS(=O)(=O)c1ccc(CNc2nc3cc(Cl)ccc3o2)cc1. The van der Waals surface area contributed by atoms with Crippen LogP contribution in [0.15, 0.2) is 51.8 Å². The van der Waals surface area contributed by atoms with Gasteiger partial charge in [0, 0.05) is 25.2 Å². The van der Waals surface area contributed by atoms with Crippen LogP contribution in [-0.4, -0.2) is 33.7 Å². The number of oxazole rings is 1. The second-order valence-electron chi connectivity index (χ2n) is 5.52. The van der Waals surface area contributed by atoms with Gasteiger partial charge in [0.15, 0.2) is 5.58 Å². The van der Waals surface area contributed by atoms with E-state index in [1.54, 1.807) is 42.5 Å². The normalized spacial score (nSPS) is 11.8. The van der Waals surface area contributed by atoms with Crippen molar-refractivity contribution in [3.05, 3.63) is 53.1 Å². The number of halogens is 1. The molecule has 0 fully saturated rings. The Balaban J connectivity index is 1.63. The first kappa shape index (κ1) is 18.7. The first-order valence-corrected chi connectivity index (χ1v) is 9.71. The number of hydrogen-bond acceptors (Lipinski definition) is 6. The molecular weight excluding hydrogens is 378 g/mol. The van der Waals surface area contributed by atoms with Gasteiger partial charge in [-0.25, -0.2) is 13.1 Å². The van der Waals surface area contributed by atoms with E-state index in [2.05, 4.69) is 15.0 Å². The van der Waals surface area contributed by atoms with Crippen LogP contribution in [0.4, 0.5) is 6.01 Å². The second-order valence-corrected chi connectivity index (χ2v) is 7.72. The minimum atomic E-state index is -3.53. The Morgan fingerprint density at radius 1 is 1.19 bits per heavy atom. The highest BCUT2D eigenvalue weighted by molar-refractivity contribution is 7.89. The Morgan fingerprint density at radius 2 is 1.96 bits per heavy atom. The second kappa shape index (κ2) is 8.05. The average Bonchev–Trinajstić information content (AvgIpc) is 3.02. The molecule has 0 saturated carbocycles.